The van der Waals surface area contributed by atoms with Crippen molar-refractivity contribution in [1.82, 2.24) is 5.32 Å². The third-order valence-corrected chi connectivity index (χ3v) is 4.80. The van der Waals surface area contributed by atoms with Crippen molar-refractivity contribution in [3.05, 3.63) is 65.5 Å². The van der Waals surface area contributed by atoms with Gasteiger partial charge in [0.25, 0.3) is 5.91 Å². The van der Waals surface area contributed by atoms with Crippen LogP contribution in [0.4, 0.5) is 4.39 Å². The highest BCUT2D eigenvalue weighted by atomic mass is 19.1. The first-order valence-electron chi connectivity index (χ1n) is 9.37. The standard InChI is InChI=1S/C22H21FN2O4/c23-17-9-7-16(8-10-17)13-28-19-6-2-1-5-18(19)21(27)29-14-20(26)25-22(15-24)11-3-4-12-22/h1-2,5-10H,3-4,11-14H2,(H,25,26). The first kappa shape index (κ1) is 20.3. The predicted molar refractivity (Wildman–Crippen MR) is 102 cm³/mol. The lowest BCUT2D eigenvalue weighted by Crippen LogP contribution is -2.46. The number of rotatable bonds is 7. The van der Waals surface area contributed by atoms with Crippen LogP contribution in [0.2, 0.25) is 0 Å². The Morgan fingerprint density at radius 2 is 1.79 bits per heavy atom. The lowest BCUT2D eigenvalue weighted by Gasteiger charge is -2.21. The summed E-state index contributed by atoms with van der Waals surface area (Å²) in [4.78, 5) is 24.5. The van der Waals surface area contributed by atoms with Crippen LogP contribution in [0.3, 0.4) is 0 Å². The van der Waals surface area contributed by atoms with Crippen LogP contribution in [0.15, 0.2) is 48.5 Å². The number of hydrogen-bond donors (Lipinski definition) is 1. The third-order valence-electron chi connectivity index (χ3n) is 4.80. The minimum atomic E-state index is -0.861. The molecule has 29 heavy (non-hydrogen) atoms. The molecule has 1 amide bonds. The van der Waals surface area contributed by atoms with Gasteiger partial charge in [-0.05, 0) is 55.5 Å². The lowest BCUT2D eigenvalue weighted by molar-refractivity contribution is -0.125. The quantitative estimate of drug-likeness (QED) is 0.724. The summed E-state index contributed by atoms with van der Waals surface area (Å²) in [6.07, 6.45) is 2.96. The predicted octanol–water partition coefficient (Wildman–Crippen LogP) is 3.51. The topological polar surface area (TPSA) is 88.4 Å². The van der Waals surface area contributed by atoms with Gasteiger partial charge in [-0.25, -0.2) is 9.18 Å². The van der Waals surface area contributed by atoms with Crippen LogP contribution in [0, 0.1) is 17.1 Å². The van der Waals surface area contributed by atoms with Crippen molar-refractivity contribution in [1.29, 1.82) is 5.26 Å². The molecule has 6 nitrogen and oxygen atoms in total. The van der Waals surface area contributed by atoms with E-state index in [2.05, 4.69) is 11.4 Å². The SMILES string of the molecule is N#CC1(NC(=O)COC(=O)c2ccccc2OCc2ccc(F)cc2)CCCC1. The maximum Gasteiger partial charge on any atom is 0.342 e. The Labute approximate surface area is 168 Å². The molecule has 0 radical (unpaired) electrons. The number of ether oxygens (including phenoxy) is 2. The molecule has 7 heteroatoms. The van der Waals surface area contributed by atoms with E-state index in [0.717, 1.165) is 18.4 Å². The van der Waals surface area contributed by atoms with Crippen LogP contribution in [0.25, 0.3) is 0 Å². The smallest absolute Gasteiger partial charge is 0.342 e. The molecule has 0 aliphatic heterocycles. The minimum Gasteiger partial charge on any atom is -0.488 e. The van der Waals surface area contributed by atoms with Crippen molar-refractivity contribution in [2.45, 2.75) is 37.8 Å². The zero-order chi connectivity index (χ0) is 20.7. The van der Waals surface area contributed by atoms with E-state index in [1.54, 1.807) is 30.3 Å². The van der Waals surface area contributed by atoms with Crippen LogP contribution < -0.4 is 10.1 Å². The van der Waals surface area contributed by atoms with E-state index < -0.39 is 24.0 Å². The number of esters is 1. The summed E-state index contributed by atoms with van der Waals surface area (Å²) < 4.78 is 23.8. The van der Waals surface area contributed by atoms with Crippen molar-refractivity contribution in [2.75, 3.05) is 6.61 Å². The molecular formula is C22H21FN2O4. The molecule has 150 valence electrons. The van der Waals surface area contributed by atoms with E-state index in [0.29, 0.717) is 18.6 Å². The number of para-hydroxylation sites is 1. The molecule has 0 aromatic heterocycles. The molecule has 1 aliphatic carbocycles. The number of carbonyl (C=O) groups excluding carboxylic acids is 2. The molecule has 2 aromatic rings. The Morgan fingerprint density at radius 3 is 2.48 bits per heavy atom. The third kappa shape index (κ3) is 5.32. The number of carbonyl (C=O) groups is 2. The minimum absolute atomic E-state index is 0.149. The number of halogens is 1. The van der Waals surface area contributed by atoms with E-state index in [1.165, 1.54) is 18.2 Å². The summed E-state index contributed by atoms with van der Waals surface area (Å²) in [6.45, 7) is -0.329. The largest absolute Gasteiger partial charge is 0.488 e. The van der Waals surface area contributed by atoms with E-state index in [9.17, 15) is 19.2 Å². The van der Waals surface area contributed by atoms with Gasteiger partial charge in [0.2, 0.25) is 0 Å². The summed E-state index contributed by atoms with van der Waals surface area (Å²) in [5.41, 5.74) is 0.0604. The normalized spacial score (nSPS) is 14.6. The van der Waals surface area contributed by atoms with Gasteiger partial charge in [-0.2, -0.15) is 5.26 Å². The van der Waals surface area contributed by atoms with Gasteiger partial charge in [-0.3, -0.25) is 4.79 Å². The van der Waals surface area contributed by atoms with Crippen LogP contribution in [0.5, 0.6) is 5.75 Å². The Bertz CT molecular complexity index is 915. The second kappa shape index (κ2) is 9.20. The van der Waals surface area contributed by atoms with E-state index in [1.807, 2.05) is 0 Å². The molecule has 0 unspecified atom stereocenters. The second-order valence-corrected chi connectivity index (χ2v) is 6.94. The molecule has 1 saturated carbocycles. The summed E-state index contributed by atoms with van der Waals surface area (Å²) in [7, 11) is 0. The first-order valence-corrected chi connectivity index (χ1v) is 9.37. The Kier molecular flexibility index (Phi) is 6.45. The molecule has 0 atom stereocenters. The molecule has 1 fully saturated rings. The lowest BCUT2D eigenvalue weighted by atomic mass is 10.00. The molecule has 1 N–H and O–H groups in total. The Hall–Kier alpha value is -3.40. The van der Waals surface area contributed by atoms with Gasteiger partial charge in [-0.15, -0.1) is 0 Å². The molecule has 1 aliphatic rings. The fourth-order valence-corrected chi connectivity index (χ4v) is 3.26. The van der Waals surface area contributed by atoms with Gasteiger partial charge in [0.05, 0.1) is 6.07 Å². The number of hydrogen-bond acceptors (Lipinski definition) is 5. The van der Waals surface area contributed by atoms with Crippen molar-refractivity contribution < 1.29 is 23.5 Å². The second-order valence-electron chi connectivity index (χ2n) is 6.94. The van der Waals surface area contributed by atoms with Crippen LogP contribution in [0.1, 0.15) is 41.6 Å². The number of nitrogens with one attached hydrogen (secondary N) is 1. The highest BCUT2D eigenvalue weighted by molar-refractivity contribution is 5.94. The molecular weight excluding hydrogens is 375 g/mol. The highest BCUT2D eigenvalue weighted by Gasteiger charge is 2.35. The summed E-state index contributed by atoms with van der Waals surface area (Å²) in [6, 6.07) is 14.5. The molecule has 0 spiro atoms. The maximum absolute atomic E-state index is 13.0. The highest BCUT2D eigenvalue weighted by Crippen LogP contribution is 2.28. The summed E-state index contributed by atoms with van der Waals surface area (Å²) >= 11 is 0. The zero-order valence-corrected chi connectivity index (χ0v) is 15.8. The molecule has 0 bridgehead atoms. The fourth-order valence-electron chi connectivity index (χ4n) is 3.26. The average Bonchev–Trinajstić information content (AvgIpc) is 3.20. The van der Waals surface area contributed by atoms with Gasteiger partial charge >= 0.3 is 5.97 Å². The zero-order valence-electron chi connectivity index (χ0n) is 15.8. The van der Waals surface area contributed by atoms with E-state index >= 15 is 0 Å². The average molecular weight is 396 g/mol. The van der Waals surface area contributed by atoms with Gasteiger partial charge < -0.3 is 14.8 Å². The van der Waals surface area contributed by atoms with Gasteiger partial charge in [0.15, 0.2) is 6.61 Å². The summed E-state index contributed by atoms with van der Waals surface area (Å²) in [5, 5.41) is 12.0. The number of nitriles is 1. The molecule has 2 aromatic carbocycles. The van der Waals surface area contributed by atoms with Crippen LogP contribution in [-0.4, -0.2) is 24.0 Å². The van der Waals surface area contributed by atoms with Crippen molar-refractivity contribution in [3.8, 4) is 11.8 Å². The monoisotopic (exact) mass is 396 g/mol. The number of nitrogens with zero attached hydrogens (tertiary/aromatic N) is 1. The van der Waals surface area contributed by atoms with Crippen molar-refractivity contribution in [3.63, 3.8) is 0 Å². The van der Waals surface area contributed by atoms with E-state index in [-0.39, 0.29) is 18.0 Å². The van der Waals surface area contributed by atoms with Gasteiger partial charge in [0.1, 0.15) is 29.3 Å². The summed E-state index contributed by atoms with van der Waals surface area (Å²) in [5.74, 6) is -1.25. The number of amides is 1. The molecule has 0 saturated heterocycles. The van der Waals surface area contributed by atoms with Gasteiger partial charge in [0, 0.05) is 0 Å². The van der Waals surface area contributed by atoms with Gasteiger partial charge in [-0.1, -0.05) is 24.3 Å². The number of benzene rings is 2. The molecule has 0 heterocycles. The fraction of sp³-hybridized carbons (Fsp3) is 0.318. The Morgan fingerprint density at radius 1 is 1.10 bits per heavy atom. The van der Waals surface area contributed by atoms with Crippen LogP contribution in [-0.2, 0) is 16.1 Å². The van der Waals surface area contributed by atoms with Crippen molar-refractivity contribution >= 4 is 11.9 Å². The Balaban J connectivity index is 1.57. The van der Waals surface area contributed by atoms with E-state index in [4.69, 9.17) is 9.47 Å². The van der Waals surface area contributed by atoms with Crippen LogP contribution >= 0.6 is 0 Å². The maximum atomic E-state index is 13.0. The molecule has 3 rings (SSSR count). The first-order chi connectivity index (χ1) is 14.0. The van der Waals surface area contributed by atoms with Crippen molar-refractivity contribution in [2.24, 2.45) is 0 Å².